The van der Waals surface area contributed by atoms with Crippen LogP contribution in [0, 0.1) is 0 Å². The lowest BCUT2D eigenvalue weighted by Gasteiger charge is -2.22. The van der Waals surface area contributed by atoms with Gasteiger partial charge < -0.3 is 10.6 Å². The quantitative estimate of drug-likeness (QED) is 0.814. The minimum Gasteiger partial charge on any atom is -0.335 e. The van der Waals surface area contributed by atoms with Crippen LogP contribution in [-0.4, -0.2) is 22.3 Å². The number of aromatic nitrogens is 2. The molecule has 120 valence electrons. The van der Waals surface area contributed by atoms with Crippen molar-refractivity contribution in [1.29, 1.82) is 0 Å². The van der Waals surface area contributed by atoms with Crippen LogP contribution in [0.2, 0.25) is 0 Å². The Hall–Kier alpha value is -2.63. The van der Waals surface area contributed by atoms with Crippen LogP contribution in [0.25, 0.3) is 11.3 Å². The van der Waals surface area contributed by atoms with Gasteiger partial charge in [0.25, 0.3) is 5.56 Å². The van der Waals surface area contributed by atoms with Gasteiger partial charge in [0.2, 0.25) is 0 Å². The van der Waals surface area contributed by atoms with Gasteiger partial charge in [0.05, 0.1) is 5.69 Å². The molecule has 1 heterocycles. The van der Waals surface area contributed by atoms with E-state index in [2.05, 4.69) is 20.8 Å². The van der Waals surface area contributed by atoms with Gasteiger partial charge in [-0.25, -0.2) is 9.89 Å². The van der Waals surface area contributed by atoms with Crippen LogP contribution >= 0.6 is 0 Å². The number of urea groups is 1. The maximum absolute atomic E-state index is 12.1. The second-order valence-electron chi connectivity index (χ2n) is 5.82. The average Bonchev–Trinajstić information content (AvgIpc) is 2.56. The largest absolute Gasteiger partial charge is 0.335 e. The molecule has 0 aliphatic heterocycles. The van der Waals surface area contributed by atoms with Crippen LogP contribution < -0.4 is 16.2 Å². The highest BCUT2D eigenvalue weighted by atomic mass is 16.2. The number of amides is 2. The molecule has 0 atom stereocenters. The van der Waals surface area contributed by atoms with Gasteiger partial charge in [-0.3, -0.25) is 4.79 Å². The molecule has 0 unspecified atom stereocenters. The first kappa shape index (κ1) is 15.3. The van der Waals surface area contributed by atoms with Gasteiger partial charge in [-0.15, -0.1) is 0 Å². The summed E-state index contributed by atoms with van der Waals surface area (Å²) in [4.78, 5) is 23.2. The zero-order valence-corrected chi connectivity index (χ0v) is 12.8. The lowest BCUT2D eigenvalue weighted by molar-refractivity contribution is 0.244. The van der Waals surface area contributed by atoms with Crippen LogP contribution in [-0.2, 0) is 0 Å². The summed E-state index contributed by atoms with van der Waals surface area (Å²) < 4.78 is 0. The van der Waals surface area contributed by atoms with Crippen molar-refractivity contribution in [2.45, 2.75) is 38.1 Å². The Kier molecular flexibility index (Phi) is 4.71. The van der Waals surface area contributed by atoms with Gasteiger partial charge in [-0.05, 0) is 31.0 Å². The Labute approximate surface area is 134 Å². The topological polar surface area (TPSA) is 86.9 Å². The fourth-order valence-electron chi connectivity index (χ4n) is 2.86. The molecule has 1 aromatic carbocycles. The first-order valence-corrected chi connectivity index (χ1v) is 7.94. The third-order valence-corrected chi connectivity index (χ3v) is 4.04. The second-order valence-corrected chi connectivity index (χ2v) is 5.82. The van der Waals surface area contributed by atoms with Crippen LogP contribution in [0.3, 0.4) is 0 Å². The highest BCUT2D eigenvalue weighted by Crippen LogP contribution is 2.20. The Morgan fingerprint density at radius 3 is 2.70 bits per heavy atom. The average molecular weight is 312 g/mol. The summed E-state index contributed by atoms with van der Waals surface area (Å²) in [5.41, 5.74) is 1.94. The number of aromatic amines is 1. The summed E-state index contributed by atoms with van der Waals surface area (Å²) >= 11 is 0. The minimum atomic E-state index is -0.241. The summed E-state index contributed by atoms with van der Waals surface area (Å²) in [6, 6.07) is 10.6. The molecule has 1 saturated carbocycles. The molecular formula is C17H20N4O2. The summed E-state index contributed by atoms with van der Waals surface area (Å²) in [6.07, 6.45) is 5.72. The van der Waals surface area contributed by atoms with E-state index in [1.165, 1.54) is 25.3 Å². The lowest BCUT2D eigenvalue weighted by atomic mass is 9.96. The molecule has 1 aliphatic carbocycles. The molecule has 6 nitrogen and oxygen atoms in total. The predicted molar refractivity (Wildman–Crippen MR) is 89.3 cm³/mol. The summed E-state index contributed by atoms with van der Waals surface area (Å²) in [6.45, 7) is 0. The third-order valence-electron chi connectivity index (χ3n) is 4.04. The van der Waals surface area contributed by atoms with E-state index < -0.39 is 0 Å². The first-order valence-electron chi connectivity index (χ1n) is 7.94. The number of nitrogens with one attached hydrogen (secondary N) is 3. The van der Waals surface area contributed by atoms with Crippen molar-refractivity contribution < 1.29 is 4.79 Å². The van der Waals surface area contributed by atoms with E-state index in [-0.39, 0.29) is 17.6 Å². The molecule has 1 fully saturated rings. The maximum atomic E-state index is 12.1. The van der Waals surface area contributed by atoms with E-state index in [1.807, 2.05) is 24.3 Å². The van der Waals surface area contributed by atoms with Crippen LogP contribution in [0.4, 0.5) is 10.5 Å². The molecule has 3 N–H and O–H groups in total. The Morgan fingerprint density at radius 2 is 1.96 bits per heavy atom. The van der Waals surface area contributed by atoms with Crippen molar-refractivity contribution in [1.82, 2.24) is 15.5 Å². The number of rotatable bonds is 3. The maximum Gasteiger partial charge on any atom is 0.319 e. The molecule has 0 spiro atoms. The number of hydrogen-bond acceptors (Lipinski definition) is 3. The monoisotopic (exact) mass is 312 g/mol. The molecule has 6 heteroatoms. The van der Waals surface area contributed by atoms with Gasteiger partial charge in [-0.1, -0.05) is 31.4 Å². The molecule has 2 aromatic rings. The van der Waals surface area contributed by atoms with Crippen molar-refractivity contribution in [2.75, 3.05) is 5.32 Å². The van der Waals surface area contributed by atoms with E-state index in [4.69, 9.17) is 0 Å². The Balaban J connectivity index is 1.66. The fourth-order valence-corrected chi connectivity index (χ4v) is 2.86. The van der Waals surface area contributed by atoms with Gasteiger partial charge in [0, 0.05) is 23.4 Å². The third kappa shape index (κ3) is 4.18. The molecule has 3 rings (SSSR count). The molecule has 1 aromatic heterocycles. The predicted octanol–water partition coefficient (Wildman–Crippen LogP) is 2.89. The molecule has 0 saturated heterocycles. The number of H-pyrrole nitrogens is 1. The summed E-state index contributed by atoms with van der Waals surface area (Å²) in [5, 5.41) is 12.3. The Bertz CT molecular complexity index is 715. The molecule has 23 heavy (non-hydrogen) atoms. The normalized spacial score (nSPS) is 15.1. The number of anilines is 1. The van der Waals surface area contributed by atoms with Crippen LogP contribution in [0.1, 0.15) is 32.1 Å². The van der Waals surface area contributed by atoms with E-state index in [9.17, 15) is 9.59 Å². The standard InChI is InChI=1S/C17H20N4O2/c22-16-10-9-15(20-21-16)12-5-4-8-14(11-12)19-17(23)18-13-6-2-1-3-7-13/h4-5,8-11,13H,1-3,6-7H2,(H,21,22)(H2,18,19,23). The van der Waals surface area contributed by atoms with E-state index >= 15 is 0 Å². The van der Waals surface area contributed by atoms with Crippen molar-refractivity contribution in [3.05, 3.63) is 46.8 Å². The Morgan fingerprint density at radius 1 is 1.13 bits per heavy atom. The highest BCUT2D eigenvalue weighted by Gasteiger charge is 2.15. The smallest absolute Gasteiger partial charge is 0.319 e. The summed E-state index contributed by atoms with van der Waals surface area (Å²) in [7, 11) is 0. The number of nitrogens with zero attached hydrogens (tertiary/aromatic N) is 1. The molecular weight excluding hydrogens is 292 g/mol. The number of hydrogen-bond donors (Lipinski definition) is 3. The SMILES string of the molecule is O=C(Nc1cccc(-c2ccc(=O)[nH]n2)c1)NC1CCCCC1. The molecule has 0 radical (unpaired) electrons. The minimum absolute atomic E-state index is 0.177. The zero-order chi connectivity index (χ0) is 16.1. The first-order chi connectivity index (χ1) is 11.2. The van der Waals surface area contributed by atoms with E-state index in [0.717, 1.165) is 18.4 Å². The number of carbonyl (C=O) groups excluding carboxylic acids is 1. The molecule has 2 amide bonds. The van der Waals surface area contributed by atoms with Crippen molar-refractivity contribution in [2.24, 2.45) is 0 Å². The fraction of sp³-hybridized carbons (Fsp3) is 0.353. The van der Waals surface area contributed by atoms with Crippen LogP contribution in [0.5, 0.6) is 0 Å². The van der Waals surface area contributed by atoms with E-state index in [1.54, 1.807) is 6.07 Å². The van der Waals surface area contributed by atoms with Gasteiger partial charge in [0.1, 0.15) is 0 Å². The van der Waals surface area contributed by atoms with Crippen molar-refractivity contribution in [3.63, 3.8) is 0 Å². The number of carbonyl (C=O) groups is 1. The van der Waals surface area contributed by atoms with Gasteiger partial charge >= 0.3 is 6.03 Å². The van der Waals surface area contributed by atoms with Crippen molar-refractivity contribution in [3.8, 4) is 11.3 Å². The molecule has 1 aliphatic rings. The second kappa shape index (κ2) is 7.09. The number of benzene rings is 1. The molecule has 0 bridgehead atoms. The lowest BCUT2D eigenvalue weighted by Crippen LogP contribution is -2.39. The highest BCUT2D eigenvalue weighted by molar-refractivity contribution is 5.90. The van der Waals surface area contributed by atoms with E-state index in [0.29, 0.717) is 11.4 Å². The van der Waals surface area contributed by atoms with Crippen molar-refractivity contribution >= 4 is 11.7 Å². The zero-order valence-electron chi connectivity index (χ0n) is 12.8. The van der Waals surface area contributed by atoms with Gasteiger partial charge in [-0.2, -0.15) is 5.10 Å². The summed E-state index contributed by atoms with van der Waals surface area (Å²) in [5.74, 6) is 0. The van der Waals surface area contributed by atoms with Gasteiger partial charge in [0.15, 0.2) is 0 Å². The van der Waals surface area contributed by atoms with Crippen LogP contribution in [0.15, 0.2) is 41.2 Å².